The van der Waals surface area contributed by atoms with E-state index >= 15 is 4.39 Å². The first-order valence-corrected chi connectivity index (χ1v) is 13.4. The fourth-order valence-corrected chi connectivity index (χ4v) is 4.49. The van der Waals surface area contributed by atoms with E-state index in [1.54, 1.807) is 11.0 Å². The van der Waals surface area contributed by atoms with E-state index in [0.29, 0.717) is 30.7 Å². The molecule has 0 spiro atoms. The molecular formula is C30H40Cl2FNO4. The van der Waals surface area contributed by atoms with E-state index in [-0.39, 0.29) is 17.0 Å². The zero-order chi connectivity index (χ0) is 29.1. The van der Waals surface area contributed by atoms with Crippen molar-refractivity contribution in [3.8, 4) is 0 Å². The van der Waals surface area contributed by atoms with Gasteiger partial charge in [0.25, 0.3) is 0 Å². The van der Waals surface area contributed by atoms with E-state index < -0.39 is 11.2 Å². The van der Waals surface area contributed by atoms with Crippen molar-refractivity contribution in [3.63, 3.8) is 0 Å². The first-order chi connectivity index (χ1) is 17.9. The van der Waals surface area contributed by atoms with Crippen molar-refractivity contribution in [2.75, 3.05) is 24.7 Å². The minimum absolute atomic E-state index is 0.0878. The molecule has 0 bridgehead atoms. The Morgan fingerprint density at radius 2 is 1.58 bits per heavy atom. The maximum Gasteiger partial charge on any atom is 0.232 e. The summed E-state index contributed by atoms with van der Waals surface area (Å²) in [6, 6.07) is 11.2. The SMILES string of the molecule is C=O.C=O.CC(C)(C)C(=O)N(CC1CC1)c1c(F)cc(C2(C)CCOCC2)cc1Cl.Cc1ccc(Cl)cc1. The zero-order valence-electron chi connectivity index (χ0n) is 23.1. The minimum atomic E-state index is -0.587. The van der Waals surface area contributed by atoms with E-state index in [4.69, 9.17) is 37.5 Å². The first-order valence-electron chi connectivity index (χ1n) is 12.6. The van der Waals surface area contributed by atoms with Crippen molar-refractivity contribution in [1.29, 1.82) is 0 Å². The molecule has 2 aromatic carbocycles. The molecule has 8 heteroatoms. The van der Waals surface area contributed by atoms with Gasteiger partial charge in [0.2, 0.25) is 5.91 Å². The Balaban J connectivity index is 0.000000505. The highest BCUT2D eigenvalue weighted by molar-refractivity contribution is 6.34. The molecule has 1 aliphatic carbocycles. The Labute approximate surface area is 236 Å². The summed E-state index contributed by atoms with van der Waals surface area (Å²) in [7, 11) is 0. The van der Waals surface area contributed by atoms with Crippen molar-refractivity contribution in [2.24, 2.45) is 11.3 Å². The maximum absolute atomic E-state index is 15.2. The predicted molar refractivity (Wildman–Crippen MR) is 154 cm³/mol. The Bertz CT molecular complexity index is 984. The lowest BCUT2D eigenvalue weighted by molar-refractivity contribution is -0.125. The highest BCUT2D eigenvalue weighted by atomic mass is 35.5. The molecule has 2 aliphatic rings. The fraction of sp³-hybridized carbons (Fsp3) is 0.500. The second-order valence-electron chi connectivity index (χ2n) is 10.9. The number of halogens is 3. The summed E-state index contributed by atoms with van der Waals surface area (Å²) in [5.74, 6) is -0.0434. The first kappa shape index (κ1) is 33.7. The number of amides is 1. The van der Waals surface area contributed by atoms with Gasteiger partial charge in [0.05, 0.1) is 10.7 Å². The third kappa shape index (κ3) is 9.79. The molecule has 0 aromatic heterocycles. The lowest BCUT2D eigenvalue weighted by Gasteiger charge is -2.35. The fourth-order valence-electron chi connectivity index (χ4n) is 4.05. The number of hydrogen-bond acceptors (Lipinski definition) is 4. The van der Waals surface area contributed by atoms with Crippen LogP contribution in [0.25, 0.3) is 0 Å². The summed E-state index contributed by atoms with van der Waals surface area (Å²) in [6.45, 7) is 15.6. The van der Waals surface area contributed by atoms with Gasteiger partial charge < -0.3 is 19.2 Å². The van der Waals surface area contributed by atoms with E-state index in [2.05, 4.69) is 6.92 Å². The van der Waals surface area contributed by atoms with Crippen LogP contribution in [-0.2, 0) is 24.5 Å². The van der Waals surface area contributed by atoms with E-state index in [9.17, 15) is 4.79 Å². The Morgan fingerprint density at radius 1 is 1.05 bits per heavy atom. The molecule has 5 nitrogen and oxygen atoms in total. The van der Waals surface area contributed by atoms with E-state index in [1.165, 1.54) is 5.56 Å². The minimum Gasteiger partial charge on any atom is -0.381 e. The topological polar surface area (TPSA) is 63.7 Å². The molecule has 2 fully saturated rings. The molecule has 2 aromatic rings. The Morgan fingerprint density at radius 3 is 2.00 bits per heavy atom. The third-order valence-corrected chi connectivity index (χ3v) is 7.16. The standard InChI is InChI=1S/C21H29ClFNO2.C7H7Cl.2CH2O/c1-20(2,3)19(25)24(13-14-5-6-14)18-16(22)11-15(12-17(18)23)21(4)7-9-26-10-8-21;1-6-2-4-7(8)5-3-6;2*1-2/h11-12,14H,5-10,13H2,1-4H3;2-5H,1H3;2*1H2. The van der Waals surface area contributed by atoms with Gasteiger partial charge in [-0.2, -0.15) is 0 Å². The molecule has 0 radical (unpaired) electrons. The summed E-state index contributed by atoms with van der Waals surface area (Å²) < 4.78 is 20.6. The Hall–Kier alpha value is -2.28. The van der Waals surface area contributed by atoms with Crippen molar-refractivity contribution in [1.82, 2.24) is 0 Å². The molecule has 1 amide bonds. The van der Waals surface area contributed by atoms with Gasteiger partial charge in [0.15, 0.2) is 0 Å². The number of anilines is 1. The zero-order valence-corrected chi connectivity index (χ0v) is 24.6. The van der Waals surface area contributed by atoms with Crippen LogP contribution in [0.1, 0.15) is 64.5 Å². The average Bonchev–Trinajstić information content (AvgIpc) is 3.71. The van der Waals surface area contributed by atoms with Crippen LogP contribution in [0, 0.1) is 24.1 Å². The van der Waals surface area contributed by atoms with Crippen LogP contribution in [0.15, 0.2) is 36.4 Å². The van der Waals surface area contributed by atoms with Crippen LogP contribution in [0.5, 0.6) is 0 Å². The number of ether oxygens (including phenoxy) is 1. The van der Waals surface area contributed by atoms with Gasteiger partial charge in [-0.15, -0.1) is 0 Å². The van der Waals surface area contributed by atoms with Crippen LogP contribution in [0.4, 0.5) is 10.1 Å². The van der Waals surface area contributed by atoms with Crippen LogP contribution in [0.3, 0.4) is 0 Å². The van der Waals surface area contributed by atoms with Crippen molar-refractivity contribution >= 4 is 48.4 Å². The third-order valence-electron chi connectivity index (χ3n) is 6.62. The molecule has 1 saturated carbocycles. The summed E-state index contributed by atoms with van der Waals surface area (Å²) in [5.41, 5.74) is 1.64. The smallest absolute Gasteiger partial charge is 0.232 e. The van der Waals surface area contributed by atoms with Gasteiger partial charge in [0, 0.05) is 30.2 Å². The molecule has 1 aliphatic heterocycles. The number of carbonyl (C=O) groups excluding carboxylic acids is 3. The van der Waals surface area contributed by atoms with Crippen LogP contribution in [0.2, 0.25) is 10.0 Å². The molecular weight excluding hydrogens is 528 g/mol. The predicted octanol–water partition coefficient (Wildman–Crippen LogP) is 7.61. The number of hydrogen-bond donors (Lipinski definition) is 0. The van der Waals surface area contributed by atoms with Gasteiger partial charge in [-0.3, -0.25) is 4.79 Å². The number of carbonyl (C=O) groups is 3. The van der Waals surface area contributed by atoms with Gasteiger partial charge in [-0.1, -0.05) is 68.6 Å². The molecule has 0 unspecified atom stereocenters. The quantitative estimate of drug-likeness (QED) is 0.381. The lowest BCUT2D eigenvalue weighted by atomic mass is 9.76. The molecule has 210 valence electrons. The second-order valence-corrected chi connectivity index (χ2v) is 11.7. The summed E-state index contributed by atoms with van der Waals surface area (Å²) >= 11 is 12.2. The largest absolute Gasteiger partial charge is 0.381 e. The summed E-state index contributed by atoms with van der Waals surface area (Å²) in [6.07, 6.45) is 3.86. The molecule has 1 saturated heterocycles. The van der Waals surface area contributed by atoms with Crippen LogP contribution in [-0.4, -0.2) is 39.2 Å². The average molecular weight is 569 g/mol. The van der Waals surface area contributed by atoms with E-state index in [0.717, 1.165) is 36.3 Å². The van der Waals surface area contributed by atoms with Crippen molar-refractivity contribution < 1.29 is 23.5 Å². The molecule has 0 atom stereocenters. The lowest BCUT2D eigenvalue weighted by Crippen LogP contribution is -2.41. The van der Waals surface area contributed by atoms with Gasteiger partial charge in [-0.25, -0.2) is 4.39 Å². The van der Waals surface area contributed by atoms with Gasteiger partial charge in [-0.05, 0) is 73.8 Å². The molecule has 0 N–H and O–H groups in total. The monoisotopic (exact) mass is 567 g/mol. The normalized spacial score (nSPS) is 15.9. The van der Waals surface area contributed by atoms with Crippen molar-refractivity contribution in [2.45, 2.75) is 65.7 Å². The maximum atomic E-state index is 15.2. The number of rotatable bonds is 4. The summed E-state index contributed by atoms with van der Waals surface area (Å²) in [4.78, 5) is 30.5. The number of benzene rings is 2. The summed E-state index contributed by atoms with van der Waals surface area (Å²) in [5, 5.41) is 1.13. The van der Waals surface area contributed by atoms with Gasteiger partial charge in [0.1, 0.15) is 19.4 Å². The number of aryl methyl sites for hydroxylation is 1. The molecule has 4 rings (SSSR count). The van der Waals surface area contributed by atoms with Crippen molar-refractivity contribution in [3.05, 3.63) is 63.4 Å². The van der Waals surface area contributed by atoms with Gasteiger partial charge >= 0.3 is 0 Å². The molecule has 1 heterocycles. The van der Waals surface area contributed by atoms with E-state index in [1.807, 2.05) is 71.6 Å². The highest BCUT2D eigenvalue weighted by Crippen LogP contribution is 2.42. The van der Waals surface area contributed by atoms with Crippen LogP contribution >= 0.6 is 23.2 Å². The highest BCUT2D eigenvalue weighted by Gasteiger charge is 2.37. The van der Waals surface area contributed by atoms with Crippen LogP contribution < -0.4 is 4.90 Å². The second kappa shape index (κ2) is 15.3. The molecule has 38 heavy (non-hydrogen) atoms. The Kier molecular flexibility index (Phi) is 13.6. The number of nitrogens with zero attached hydrogens (tertiary/aromatic N) is 1.